The van der Waals surface area contributed by atoms with Gasteiger partial charge < -0.3 is 9.84 Å². The highest BCUT2D eigenvalue weighted by Crippen LogP contribution is 2.27. The number of carbonyl (C=O) groups is 1. The minimum atomic E-state index is -1.21. The zero-order valence-electron chi connectivity index (χ0n) is 13.1. The Kier molecular flexibility index (Phi) is 4.80. The lowest BCUT2D eigenvalue weighted by atomic mass is 10.1. The molecule has 0 aliphatic rings. The van der Waals surface area contributed by atoms with Crippen LogP contribution in [0.15, 0.2) is 46.9 Å². The van der Waals surface area contributed by atoms with Gasteiger partial charge in [-0.15, -0.1) is 5.10 Å². The van der Waals surface area contributed by atoms with Gasteiger partial charge in [0.25, 0.3) is 0 Å². The molecule has 0 saturated heterocycles. The van der Waals surface area contributed by atoms with E-state index in [0.29, 0.717) is 21.3 Å². The SMILES string of the molecule is COc1cccc(-c2c(C(=O)O)nnn2Cc2ccc(Br)cc2F)c1. The summed E-state index contributed by atoms with van der Waals surface area (Å²) in [4.78, 5) is 11.5. The number of hydrogen-bond donors (Lipinski definition) is 1. The summed E-state index contributed by atoms with van der Waals surface area (Å²) in [6.07, 6.45) is 0. The number of carboxylic acid groups (broad SMARTS) is 1. The maximum Gasteiger partial charge on any atom is 0.358 e. The summed E-state index contributed by atoms with van der Waals surface area (Å²) in [6.45, 7) is 0.0476. The molecule has 0 amide bonds. The van der Waals surface area contributed by atoms with Gasteiger partial charge in [0.05, 0.1) is 13.7 Å². The van der Waals surface area contributed by atoms with Crippen molar-refractivity contribution in [3.63, 3.8) is 0 Å². The first-order chi connectivity index (χ1) is 12.0. The van der Waals surface area contributed by atoms with E-state index in [0.717, 1.165) is 0 Å². The van der Waals surface area contributed by atoms with Gasteiger partial charge in [-0.1, -0.05) is 39.3 Å². The van der Waals surface area contributed by atoms with Crippen LogP contribution in [0.25, 0.3) is 11.3 Å². The normalized spacial score (nSPS) is 10.7. The molecule has 3 aromatic rings. The average molecular weight is 406 g/mol. The smallest absolute Gasteiger partial charge is 0.358 e. The molecule has 1 N–H and O–H groups in total. The lowest BCUT2D eigenvalue weighted by molar-refractivity contribution is 0.0691. The summed E-state index contributed by atoms with van der Waals surface area (Å²) in [5, 5.41) is 17.0. The predicted molar refractivity (Wildman–Crippen MR) is 92.2 cm³/mol. The largest absolute Gasteiger partial charge is 0.497 e. The van der Waals surface area contributed by atoms with Crippen molar-refractivity contribution in [3.05, 3.63) is 64.0 Å². The molecule has 0 saturated carbocycles. The van der Waals surface area contributed by atoms with Crippen LogP contribution in [0.3, 0.4) is 0 Å². The summed E-state index contributed by atoms with van der Waals surface area (Å²) >= 11 is 3.21. The molecule has 0 spiro atoms. The number of benzene rings is 2. The van der Waals surface area contributed by atoms with Gasteiger partial charge in [-0.3, -0.25) is 0 Å². The van der Waals surface area contributed by atoms with Gasteiger partial charge >= 0.3 is 5.97 Å². The van der Waals surface area contributed by atoms with Crippen molar-refractivity contribution in [2.24, 2.45) is 0 Å². The van der Waals surface area contributed by atoms with Crippen LogP contribution in [0, 0.1) is 5.82 Å². The van der Waals surface area contributed by atoms with E-state index in [1.54, 1.807) is 36.4 Å². The molecule has 0 radical (unpaired) electrons. The predicted octanol–water partition coefficient (Wildman–Crippen LogP) is 3.60. The van der Waals surface area contributed by atoms with Gasteiger partial charge in [-0.2, -0.15) is 0 Å². The van der Waals surface area contributed by atoms with Gasteiger partial charge in [0.2, 0.25) is 0 Å². The molecule has 3 rings (SSSR count). The summed E-state index contributed by atoms with van der Waals surface area (Å²) in [5.41, 5.74) is 1.02. The third kappa shape index (κ3) is 3.53. The van der Waals surface area contributed by atoms with Crippen molar-refractivity contribution in [2.45, 2.75) is 6.54 Å². The van der Waals surface area contributed by atoms with Crippen LogP contribution < -0.4 is 4.74 Å². The molecule has 6 nitrogen and oxygen atoms in total. The molecule has 8 heteroatoms. The number of nitrogens with zero attached hydrogens (tertiary/aromatic N) is 3. The van der Waals surface area contributed by atoms with E-state index in [9.17, 15) is 14.3 Å². The van der Waals surface area contributed by atoms with Crippen molar-refractivity contribution in [3.8, 4) is 17.0 Å². The summed E-state index contributed by atoms with van der Waals surface area (Å²) in [5.74, 6) is -1.06. The van der Waals surface area contributed by atoms with E-state index in [1.807, 2.05) is 0 Å². The van der Waals surface area contributed by atoms with Gasteiger partial charge in [0, 0.05) is 15.6 Å². The van der Waals surface area contributed by atoms with E-state index in [4.69, 9.17) is 4.74 Å². The number of carboxylic acids is 1. The quantitative estimate of drug-likeness (QED) is 0.701. The Morgan fingerprint density at radius 2 is 2.12 bits per heavy atom. The minimum absolute atomic E-state index is 0.0476. The van der Waals surface area contributed by atoms with Crippen molar-refractivity contribution in [1.82, 2.24) is 15.0 Å². The number of aromatic carboxylic acids is 1. The second kappa shape index (κ2) is 7.02. The summed E-state index contributed by atoms with van der Waals surface area (Å²) in [7, 11) is 1.52. The van der Waals surface area contributed by atoms with E-state index in [1.165, 1.54) is 17.9 Å². The molecule has 0 atom stereocenters. The van der Waals surface area contributed by atoms with Gasteiger partial charge in [-0.05, 0) is 24.3 Å². The molecule has 2 aromatic carbocycles. The van der Waals surface area contributed by atoms with Gasteiger partial charge in [0.15, 0.2) is 5.69 Å². The first-order valence-corrected chi connectivity index (χ1v) is 8.04. The number of rotatable bonds is 5. The van der Waals surface area contributed by atoms with Crippen molar-refractivity contribution < 1.29 is 19.0 Å². The van der Waals surface area contributed by atoms with Crippen molar-refractivity contribution in [2.75, 3.05) is 7.11 Å². The zero-order valence-corrected chi connectivity index (χ0v) is 14.7. The number of aromatic nitrogens is 3. The molecule has 0 aliphatic heterocycles. The van der Waals surface area contributed by atoms with Crippen LogP contribution >= 0.6 is 15.9 Å². The fraction of sp³-hybridized carbons (Fsp3) is 0.118. The molecule has 1 aromatic heterocycles. The Morgan fingerprint density at radius 1 is 1.32 bits per heavy atom. The molecule has 1 heterocycles. The van der Waals surface area contributed by atoms with E-state index < -0.39 is 11.8 Å². The number of halogens is 2. The van der Waals surface area contributed by atoms with Crippen LogP contribution in [0.4, 0.5) is 4.39 Å². The van der Waals surface area contributed by atoms with Gasteiger partial charge in [0.1, 0.15) is 17.3 Å². The summed E-state index contributed by atoms with van der Waals surface area (Å²) in [6, 6.07) is 11.5. The van der Waals surface area contributed by atoms with Crippen molar-refractivity contribution >= 4 is 21.9 Å². The highest BCUT2D eigenvalue weighted by molar-refractivity contribution is 9.10. The Balaban J connectivity index is 2.09. The maximum atomic E-state index is 14.1. The minimum Gasteiger partial charge on any atom is -0.497 e. The van der Waals surface area contributed by atoms with Crippen LogP contribution in [-0.4, -0.2) is 33.2 Å². The number of hydrogen-bond acceptors (Lipinski definition) is 4. The fourth-order valence-corrected chi connectivity index (χ4v) is 2.77. The van der Waals surface area contributed by atoms with Crippen molar-refractivity contribution in [1.29, 1.82) is 0 Å². The number of ether oxygens (including phenoxy) is 1. The average Bonchev–Trinajstić information content (AvgIpc) is 3.01. The first-order valence-electron chi connectivity index (χ1n) is 7.24. The second-order valence-electron chi connectivity index (χ2n) is 5.22. The monoisotopic (exact) mass is 405 g/mol. The lowest BCUT2D eigenvalue weighted by Crippen LogP contribution is -2.07. The first kappa shape index (κ1) is 17.1. The third-order valence-corrected chi connectivity index (χ3v) is 4.11. The van der Waals surface area contributed by atoms with Crippen LogP contribution in [0.5, 0.6) is 5.75 Å². The van der Waals surface area contributed by atoms with E-state index >= 15 is 0 Å². The van der Waals surface area contributed by atoms with Crippen LogP contribution in [0.1, 0.15) is 16.1 Å². The molecule has 0 aliphatic carbocycles. The lowest BCUT2D eigenvalue weighted by Gasteiger charge is -2.10. The Morgan fingerprint density at radius 3 is 2.80 bits per heavy atom. The topological polar surface area (TPSA) is 77.2 Å². The molecule has 128 valence electrons. The Bertz CT molecular complexity index is 943. The van der Waals surface area contributed by atoms with Crippen LogP contribution in [0.2, 0.25) is 0 Å². The molecular formula is C17H13BrFN3O3. The third-order valence-electron chi connectivity index (χ3n) is 3.62. The molecule has 0 unspecified atom stereocenters. The highest BCUT2D eigenvalue weighted by atomic mass is 79.9. The molecule has 0 fully saturated rings. The van der Waals surface area contributed by atoms with E-state index in [2.05, 4.69) is 26.2 Å². The fourth-order valence-electron chi connectivity index (χ4n) is 2.44. The zero-order chi connectivity index (χ0) is 18.0. The summed E-state index contributed by atoms with van der Waals surface area (Å²) < 4.78 is 21.3. The Hall–Kier alpha value is -2.74. The maximum absolute atomic E-state index is 14.1. The Labute approximate surface area is 151 Å². The number of methoxy groups -OCH3 is 1. The van der Waals surface area contributed by atoms with Crippen LogP contribution in [-0.2, 0) is 6.54 Å². The molecule has 0 bridgehead atoms. The molecule has 25 heavy (non-hydrogen) atoms. The molecular weight excluding hydrogens is 393 g/mol. The highest BCUT2D eigenvalue weighted by Gasteiger charge is 2.21. The van der Waals surface area contributed by atoms with Gasteiger partial charge in [-0.25, -0.2) is 13.9 Å². The van der Waals surface area contributed by atoms with E-state index in [-0.39, 0.29) is 17.9 Å². The second-order valence-corrected chi connectivity index (χ2v) is 6.13. The standard InChI is InChI=1S/C17H13BrFN3O3/c1-25-13-4-2-3-10(7-13)16-15(17(23)24)20-21-22(16)9-11-5-6-12(18)8-14(11)19/h2-8H,9H2,1H3,(H,23,24).